The molecule has 0 aliphatic rings. The molecule has 0 radical (unpaired) electrons. The highest BCUT2D eigenvalue weighted by Crippen LogP contribution is 2.25. The molecule has 106 valence electrons. The Hall–Kier alpha value is -1.78. The number of ether oxygens (including phenoxy) is 2. The van der Waals surface area contributed by atoms with Gasteiger partial charge < -0.3 is 15.2 Å². The Bertz CT molecular complexity index is 575. The fourth-order valence-electron chi connectivity index (χ4n) is 1.80. The predicted molar refractivity (Wildman–Crippen MR) is 76.8 cm³/mol. The summed E-state index contributed by atoms with van der Waals surface area (Å²) in [5.41, 5.74) is 6.59. The lowest BCUT2D eigenvalue weighted by Crippen LogP contribution is -2.20. The van der Waals surface area contributed by atoms with Gasteiger partial charge in [0.1, 0.15) is 23.9 Å². The first-order valence-corrected chi connectivity index (χ1v) is 6.45. The molecule has 5 heteroatoms. The van der Waals surface area contributed by atoms with Crippen LogP contribution in [0.3, 0.4) is 0 Å². The maximum absolute atomic E-state index is 13.3. The highest BCUT2D eigenvalue weighted by atomic mass is 35.5. The van der Waals surface area contributed by atoms with Crippen molar-refractivity contribution in [2.45, 2.75) is 6.04 Å². The normalized spacial score (nSPS) is 12.0. The molecule has 0 amide bonds. The molecule has 20 heavy (non-hydrogen) atoms. The minimum Gasteiger partial charge on any atom is -0.496 e. The van der Waals surface area contributed by atoms with Crippen molar-refractivity contribution in [2.75, 3.05) is 13.7 Å². The van der Waals surface area contributed by atoms with Gasteiger partial charge in [0.05, 0.1) is 13.2 Å². The van der Waals surface area contributed by atoms with E-state index in [1.54, 1.807) is 30.3 Å². The molecule has 2 N–H and O–H groups in total. The second-order valence-electron chi connectivity index (χ2n) is 4.26. The maximum Gasteiger partial charge on any atom is 0.123 e. The van der Waals surface area contributed by atoms with Crippen molar-refractivity contribution in [2.24, 2.45) is 5.73 Å². The van der Waals surface area contributed by atoms with Gasteiger partial charge in [-0.1, -0.05) is 11.6 Å². The number of nitrogens with two attached hydrogens (primary N) is 1. The van der Waals surface area contributed by atoms with Gasteiger partial charge in [0.15, 0.2) is 0 Å². The molecule has 2 aromatic carbocycles. The molecule has 3 nitrogen and oxygen atoms in total. The van der Waals surface area contributed by atoms with Gasteiger partial charge in [-0.2, -0.15) is 0 Å². The molecule has 1 unspecified atom stereocenters. The van der Waals surface area contributed by atoms with Crippen LogP contribution in [0.2, 0.25) is 5.02 Å². The van der Waals surface area contributed by atoms with Crippen LogP contribution in [-0.4, -0.2) is 13.7 Å². The molecular formula is C15H15ClFNO2. The Balaban J connectivity index is 2.06. The van der Waals surface area contributed by atoms with Crippen molar-refractivity contribution in [3.05, 3.63) is 58.9 Å². The SMILES string of the molecule is COc1ccc(F)cc1C(N)COc1ccc(Cl)cc1. The molecule has 0 saturated heterocycles. The minimum absolute atomic E-state index is 0.210. The van der Waals surface area contributed by atoms with Gasteiger partial charge in [-0.15, -0.1) is 0 Å². The third-order valence-corrected chi connectivity index (χ3v) is 3.09. The molecule has 0 bridgehead atoms. The quantitative estimate of drug-likeness (QED) is 0.917. The van der Waals surface area contributed by atoms with Crippen LogP contribution < -0.4 is 15.2 Å². The lowest BCUT2D eigenvalue weighted by Gasteiger charge is -2.16. The summed E-state index contributed by atoms with van der Waals surface area (Å²) < 4.78 is 24.0. The average Bonchev–Trinajstić information content (AvgIpc) is 2.46. The molecule has 0 aromatic heterocycles. The fourth-order valence-corrected chi connectivity index (χ4v) is 1.93. The van der Waals surface area contributed by atoms with E-state index in [1.807, 2.05) is 0 Å². The van der Waals surface area contributed by atoms with Crippen molar-refractivity contribution >= 4 is 11.6 Å². The first kappa shape index (κ1) is 14.6. The molecule has 2 rings (SSSR count). The van der Waals surface area contributed by atoms with Gasteiger partial charge in [-0.05, 0) is 42.5 Å². The smallest absolute Gasteiger partial charge is 0.123 e. The molecular weight excluding hydrogens is 281 g/mol. The first-order valence-electron chi connectivity index (χ1n) is 6.07. The van der Waals surface area contributed by atoms with Gasteiger partial charge in [0, 0.05) is 10.6 Å². The Kier molecular flexibility index (Phi) is 4.82. The summed E-state index contributed by atoms with van der Waals surface area (Å²) in [6.07, 6.45) is 0. The van der Waals surface area contributed by atoms with E-state index in [2.05, 4.69) is 0 Å². The van der Waals surface area contributed by atoms with Crippen LogP contribution in [-0.2, 0) is 0 Å². The number of methoxy groups -OCH3 is 1. The zero-order chi connectivity index (χ0) is 14.5. The molecule has 1 atom stereocenters. The van der Waals surface area contributed by atoms with E-state index in [0.717, 1.165) is 0 Å². The number of hydrogen-bond donors (Lipinski definition) is 1. The van der Waals surface area contributed by atoms with Crippen molar-refractivity contribution in [1.82, 2.24) is 0 Å². The van der Waals surface area contributed by atoms with Crippen LogP contribution >= 0.6 is 11.6 Å². The summed E-state index contributed by atoms with van der Waals surface area (Å²) in [6.45, 7) is 0.210. The number of benzene rings is 2. The van der Waals surface area contributed by atoms with Gasteiger partial charge in [-0.25, -0.2) is 4.39 Å². The summed E-state index contributed by atoms with van der Waals surface area (Å²) in [5.74, 6) is 0.835. The topological polar surface area (TPSA) is 44.5 Å². The zero-order valence-electron chi connectivity index (χ0n) is 11.0. The number of hydrogen-bond acceptors (Lipinski definition) is 3. The van der Waals surface area contributed by atoms with Crippen molar-refractivity contribution in [3.8, 4) is 11.5 Å². The second kappa shape index (κ2) is 6.59. The monoisotopic (exact) mass is 295 g/mol. The largest absolute Gasteiger partial charge is 0.496 e. The Morgan fingerprint density at radius 3 is 2.55 bits per heavy atom. The van der Waals surface area contributed by atoms with E-state index in [1.165, 1.54) is 19.2 Å². The molecule has 0 saturated carbocycles. The molecule has 0 heterocycles. The van der Waals surface area contributed by atoms with E-state index in [9.17, 15) is 4.39 Å². The Morgan fingerprint density at radius 1 is 1.20 bits per heavy atom. The number of rotatable bonds is 5. The summed E-state index contributed by atoms with van der Waals surface area (Å²) in [7, 11) is 1.52. The molecule has 0 spiro atoms. The molecule has 2 aromatic rings. The van der Waals surface area contributed by atoms with Gasteiger partial charge >= 0.3 is 0 Å². The summed E-state index contributed by atoms with van der Waals surface area (Å²) in [5, 5.41) is 0.633. The van der Waals surface area contributed by atoms with Crippen molar-refractivity contribution in [3.63, 3.8) is 0 Å². The van der Waals surface area contributed by atoms with E-state index < -0.39 is 6.04 Å². The van der Waals surface area contributed by atoms with Crippen molar-refractivity contribution < 1.29 is 13.9 Å². The van der Waals surface area contributed by atoms with Gasteiger partial charge in [-0.3, -0.25) is 0 Å². The second-order valence-corrected chi connectivity index (χ2v) is 4.69. The molecule has 0 aliphatic heterocycles. The highest BCUT2D eigenvalue weighted by Gasteiger charge is 2.14. The van der Waals surface area contributed by atoms with Gasteiger partial charge in [0.25, 0.3) is 0 Å². The van der Waals surface area contributed by atoms with Crippen LogP contribution in [0.4, 0.5) is 4.39 Å². The highest BCUT2D eigenvalue weighted by molar-refractivity contribution is 6.30. The molecule has 0 fully saturated rings. The third-order valence-electron chi connectivity index (χ3n) is 2.83. The van der Waals surface area contributed by atoms with Crippen LogP contribution in [0.1, 0.15) is 11.6 Å². The van der Waals surface area contributed by atoms with E-state index in [0.29, 0.717) is 22.1 Å². The van der Waals surface area contributed by atoms with Crippen LogP contribution in [0.25, 0.3) is 0 Å². The average molecular weight is 296 g/mol. The van der Waals surface area contributed by atoms with Gasteiger partial charge in [0.2, 0.25) is 0 Å². The molecule has 0 aliphatic carbocycles. The summed E-state index contributed by atoms with van der Waals surface area (Å²) >= 11 is 5.79. The van der Waals surface area contributed by atoms with Crippen LogP contribution in [0.15, 0.2) is 42.5 Å². The fraction of sp³-hybridized carbons (Fsp3) is 0.200. The lowest BCUT2D eigenvalue weighted by atomic mass is 10.1. The lowest BCUT2D eigenvalue weighted by molar-refractivity contribution is 0.286. The summed E-state index contributed by atoms with van der Waals surface area (Å²) in [4.78, 5) is 0. The zero-order valence-corrected chi connectivity index (χ0v) is 11.7. The third kappa shape index (κ3) is 3.62. The maximum atomic E-state index is 13.3. The standard InChI is InChI=1S/C15H15ClFNO2/c1-19-15-7-4-11(17)8-13(15)14(18)9-20-12-5-2-10(16)3-6-12/h2-8,14H,9,18H2,1H3. The minimum atomic E-state index is -0.490. The van der Waals surface area contributed by atoms with E-state index in [-0.39, 0.29) is 12.4 Å². The van der Waals surface area contributed by atoms with Crippen LogP contribution in [0, 0.1) is 5.82 Å². The predicted octanol–water partition coefficient (Wildman–Crippen LogP) is 3.57. The van der Waals surface area contributed by atoms with E-state index >= 15 is 0 Å². The Labute approximate surface area is 122 Å². The first-order chi connectivity index (χ1) is 9.60. The number of halogens is 2. The summed E-state index contributed by atoms with van der Waals surface area (Å²) in [6, 6.07) is 10.7. The van der Waals surface area contributed by atoms with Crippen LogP contribution in [0.5, 0.6) is 11.5 Å². The van der Waals surface area contributed by atoms with E-state index in [4.69, 9.17) is 26.8 Å². The van der Waals surface area contributed by atoms with Crippen molar-refractivity contribution in [1.29, 1.82) is 0 Å². The Morgan fingerprint density at radius 2 is 1.90 bits per heavy atom.